The first-order chi connectivity index (χ1) is 15.0. The molecule has 162 valence electrons. The molecule has 0 bridgehead atoms. The standard InChI is InChI=1S/C24H27FN4O2/c1-3-27(4-2)23(31)16-29-21-8-6-5-7-20(21)26-24(29)18-13-22(30)28(15-18)14-17-9-11-19(25)12-10-17/h5-12,18H,3-4,13-16H2,1-2H3/t18-/m1/s1. The maximum Gasteiger partial charge on any atom is 0.242 e. The highest BCUT2D eigenvalue weighted by atomic mass is 19.1. The number of rotatable bonds is 7. The van der Waals surface area contributed by atoms with Crippen LogP contribution in [0.5, 0.6) is 0 Å². The number of hydrogen-bond donors (Lipinski definition) is 0. The van der Waals surface area contributed by atoms with Crippen LogP contribution in [-0.2, 0) is 22.7 Å². The lowest BCUT2D eigenvalue weighted by Gasteiger charge is -2.21. The predicted molar refractivity (Wildman–Crippen MR) is 117 cm³/mol. The number of benzene rings is 2. The van der Waals surface area contributed by atoms with E-state index in [2.05, 4.69) is 0 Å². The van der Waals surface area contributed by atoms with Crippen LogP contribution in [0.1, 0.15) is 37.6 Å². The molecule has 0 spiro atoms. The summed E-state index contributed by atoms with van der Waals surface area (Å²) in [7, 11) is 0. The van der Waals surface area contributed by atoms with Crippen molar-refractivity contribution in [3.63, 3.8) is 0 Å². The van der Waals surface area contributed by atoms with E-state index in [9.17, 15) is 14.0 Å². The van der Waals surface area contributed by atoms with Crippen molar-refractivity contribution in [2.75, 3.05) is 19.6 Å². The SMILES string of the molecule is CCN(CC)C(=O)Cn1c([C@@H]2CC(=O)N(Cc3ccc(F)cc3)C2)nc2ccccc21. The van der Waals surface area contributed by atoms with E-state index in [4.69, 9.17) is 4.98 Å². The van der Waals surface area contributed by atoms with Crippen molar-refractivity contribution in [2.24, 2.45) is 0 Å². The second kappa shape index (κ2) is 8.88. The Morgan fingerprint density at radius 1 is 1.13 bits per heavy atom. The number of amides is 2. The molecule has 6 nitrogen and oxygen atoms in total. The van der Waals surface area contributed by atoms with Gasteiger partial charge in [0.15, 0.2) is 0 Å². The topological polar surface area (TPSA) is 58.4 Å². The largest absolute Gasteiger partial charge is 0.342 e. The van der Waals surface area contributed by atoms with Crippen molar-refractivity contribution in [2.45, 2.75) is 39.3 Å². The fourth-order valence-electron chi connectivity index (χ4n) is 4.29. The number of carbonyl (C=O) groups is 2. The molecule has 1 atom stereocenters. The molecule has 2 aromatic carbocycles. The van der Waals surface area contributed by atoms with Crippen molar-refractivity contribution >= 4 is 22.8 Å². The maximum absolute atomic E-state index is 13.2. The maximum atomic E-state index is 13.2. The van der Waals surface area contributed by atoms with Gasteiger partial charge in [0.2, 0.25) is 11.8 Å². The van der Waals surface area contributed by atoms with E-state index in [1.807, 2.05) is 42.7 Å². The number of carbonyl (C=O) groups excluding carboxylic acids is 2. The first-order valence-electron chi connectivity index (χ1n) is 10.7. The van der Waals surface area contributed by atoms with Gasteiger partial charge in [0, 0.05) is 38.5 Å². The molecule has 1 saturated heterocycles. The summed E-state index contributed by atoms with van der Waals surface area (Å²) in [6.45, 7) is 6.43. The molecule has 4 rings (SSSR count). The number of fused-ring (bicyclic) bond motifs is 1. The van der Waals surface area contributed by atoms with E-state index in [0.29, 0.717) is 32.6 Å². The lowest BCUT2D eigenvalue weighted by molar-refractivity contribution is -0.131. The molecular formula is C24H27FN4O2. The lowest BCUT2D eigenvalue weighted by atomic mass is 10.1. The summed E-state index contributed by atoms with van der Waals surface area (Å²) in [5.74, 6) is 0.479. The first-order valence-corrected chi connectivity index (χ1v) is 10.7. The second-order valence-corrected chi connectivity index (χ2v) is 7.91. The lowest BCUT2D eigenvalue weighted by Crippen LogP contribution is -2.34. The number of halogens is 1. The van der Waals surface area contributed by atoms with Crippen molar-refractivity contribution in [3.05, 3.63) is 65.7 Å². The smallest absolute Gasteiger partial charge is 0.242 e. The van der Waals surface area contributed by atoms with Crippen LogP contribution in [0.4, 0.5) is 4.39 Å². The van der Waals surface area contributed by atoms with Crippen LogP contribution in [0.15, 0.2) is 48.5 Å². The van der Waals surface area contributed by atoms with E-state index in [0.717, 1.165) is 22.4 Å². The Balaban J connectivity index is 1.60. The number of likely N-dealkylation sites (N-methyl/N-ethyl adjacent to an activating group) is 1. The van der Waals surface area contributed by atoms with Crippen LogP contribution in [0.3, 0.4) is 0 Å². The van der Waals surface area contributed by atoms with Gasteiger partial charge in [0.25, 0.3) is 0 Å². The molecule has 0 unspecified atom stereocenters. The number of aromatic nitrogens is 2. The third-order valence-corrected chi connectivity index (χ3v) is 5.96. The second-order valence-electron chi connectivity index (χ2n) is 7.91. The summed E-state index contributed by atoms with van der Waals surface area (Å²) in [6.07, 6.45) is 0.351. The van der Waals surface area contributed by atoms with Gasteiger partial charge in [0.05, 0.1) is 11.0 Å². The molecule has 1 aliphatic rings. The Hall–Kier alpha value is -3.22. The van der Waals surface area contributed by atoms with Gasteiger partial charge >= 0.3 is 0 Å². The fourth-order valence-corrected chi connectivity index (χ4v) is 4.29. The third kappa shape index (κ3) is 4.31. The highest BCUT2D eigenvalue weighted by molar-refractivity contribution is 5.83. The number of imidazole rings is 1. The average Bonchev–Trinajstić information content (AvgIpc) is 3.31. The Morgan fingerprint density at radius 2 is 1.84 bits per heavy atom. The van der Waals surface area contributed by atoms with Gasteiger partial charge in [-0.3, -0.25) is 9.59 Å². The van der Waals surface area contributed by atoms with Crippen LogP contribution in [0.25, 0.3) is 11.0 Å². The highest BCUT2D eigenvalue weighted by Crippen LogP contribution is 2.31. The van der Waals surface area contributed by atoms with Gasteiger partial charge in [0.1, 0.15) is 18.2 Å². The average molecular weight is 423 g/mol. The molecule has 2 heterocycles. The minimum absolute atomic E-state index is 0.0434. The molecule has 31 heavy (non-hydrogen) atoms. The zero-order chi connectivity index (χ0) is 22.0. The van der Waals surface area contributed by atoms with Crippen molar-refractivity contribution in [1.29, 1.82) is 0 Å². The van der Waals surface area contributed by atoms with Gasteiger partial charge in [-0.15, -0.1) is 0 Å². The van der Waals surface area contributed by atoms with Gasteiger partial charge in [-0.05, 0) is 43.7 Å². The number of hydrogen-bond acceptors (Lipinski definition) is 3. The van der Waals surface area contributed by atoms with E-state index in [1.54, 1.807) is 21.9 Å². The zero-order valence-corrected chi connectivity index (χ0v) is 17.9. The molecule has 3 aromatic rings. The quantitative estimate of drug-likeness (QED) is 0.585. The molecule has 0 N–H and O–H groups in total. The minimum atomic E-state index is -0.291. The monoisotopic (exact) mass is 422 g/mol. The summed E-state index contributed by atoms with van der Waals surface area (Å²) in [6, 6.07) is 14.0. The number of likely N-dealkylation sites (tertiary alicyclic amines) is 1. The van der Waals surface area contributed by atoms with E-state index < -0.39 is 0 Å². The Kier molecular flexibility index (Phi) is 6.02. The molecule has 7 heteroatoms. The molecule has 1 aromatic heterocycles. The summed E-state index contributed by atoms with van der Waals surface area (Å²) in [5.41, 5.74) is 2.62. The van der Waals surface area contributed by atoms with E-state index in [1.165, 1.54) is 12.1 Å². The van der Waals surface area contributed by atoms with Crippen LogP contribution in [0, 0.1) is 5.82 Å². The molecule has 0 radical (unpaired) electrons. The summed E-state index contributed by atoms with van der Waals surface area (Å²) in [4.78, 5) is 34.0. The van der Waals surface area contributed by atoms with Crippen molar-refractivity contribution in [3.8, 4) is 0 Å². The van der Waals surface area contributed by atoms with Gasteiger partial charge in [-0.1, -0.05) is 24.3 Å². The van der Waals surface area contributed by atoms with Crippen LogP contribution >= 0.6 is 0 Å². The number of nitrogens with zero attached hydrogens (tertiary/aromatic N) is 4. The van der Waals surface area contributed by atoms with Crippen molar-refractivity contribution in [1.82, 2.24) is 19.4 Å². The minimum Gasteiger partial charge on any atom is -0.342 e. The Morgan fingerprint density at radius 3 is 2.55 bits per heavy atom. The van der Waals surface area contributed by atoms with Crippen LogP contribution in [0.2, 0.25) is 0 Å². The Labute approximate surface area is 181 Å². The number of para-hydroxylation sites is 2. The predicted octanol–water partition coefficient (Wildman–Crippen LogP) is 3.56. The van der Waals surface area contributed by atoms with Gasteiger partial charge < -0.3 is 14.4 Å². The highest BCUT2D eigenvalue weighted by Gasteiger charge is 2.34. The zero-order valence-electron chi connectivity index (χ0n) is 17.9. The van der Waals surface area contributed by atoms with Gasteiger partial charge in [-0.25, -0.2) is 9.37 Å². The van der Waals surface area contributed by atoms with E-state index in [-0.39, 0.29) is 30.1 Å². The molecule has 0 aliphatic carbocycles. The summed E-state index contributed by atoms with van der Waals surface area (Å²) >= 11 is 0. The van der Waals surface area contributed by atoms with Crippen LogP contribution < -0.4 is 0 Å². The van der Waals surface area contributed by atoms with Crippen LogP contribution in [-0.4, -0.2) is 50.8 Å². The molecule has 1 aliphatic heterocycles. The van der Waals surface area contributed by atoms with Gasteiger partial charge in [-0.2, -0.15) is 0 Å². The normalized spacial score (nSPS) is 16.3. The third-order valence-electron chi connectivity index (χ3n) is 5.96. The van der Waals surface area contributed by atoms with E-state index >= 15 is 0 Å². The molecule has 0 saturated carbocycles. The Bertz CT molecular complexity index is 1090. The summed E-state index contributed by atoms with van der Waals surface area (Å²) in [5, 5.41) is 0. The molecule has 1 fully saturated rings. The molecular weight excluding hydrogens is 395 g/mol. The van der Waals surface area contributed by atoms with Crippen molar-refractivity contribution < 1.29 is 14.0 Å². The fraction of sp³-hybridized carbons (Fsp3) is 0.375. The summed E-state index contributed by atoms with van der Waals surface area (Å²) < 4.78 is 15.2. The first kappa shape index (κ1) is 21.0. The molecule has 2 amide bonds.